The normalized spacial score (nSPS) is 10.8. The van der Waals surface area contributed by atoms with Crippen molar-refractivity contribution < 1.29 is 14.3 Å². The third kappa shape index (κ3) is 4.79. The zero-order valence-corrected chi connectivity index (χ0v) is 16.6. The number of hydrogen-bond acceptors (Lipinski definition) is 5. The van der Waals surface area contributed by atoms with E-state index in [1.165, 1.54) is 0 Å². The lowest BCUT2D eigenvalue weighted by Crippen LogP contribution is -2.24. The fraction of sp³-hybridized carbons (Fsp3) is 0.381. The van der Waals surface area contributed by atoms with Crippen LogP contribution in [0.2, 0.25) is 0 Å². The standard InChI is InChI=1S/C21H26N4O3/c1-4-27-18-9-8-17(12-19(18)28-5-2)21(26)22-10-6-7-16-13-23-20-11-15(3)24-25(20)14-16/h8-9,11-14H,4-7,10H2,1-3H3,(H,22,26). The molecule has 28 heavy (non-hydrogen) atoms. The number of fused-ring (bicyclic) bond motifs is 1. The van der Waals surface area contributed by atoms with E-state index in [2.05, 4.69) is 15.4 Å². The first kappa shape index (κ1) is 19.7. The molecule has 0 aliphatic carbocycles. The van der Waals surface area contributed by atoms with Gasteiger partial charge in [-0.3, -0.25) is 4.79 Å². The predicted octanol–water partition coefficient (Wildman–Crippen LogP) is 3.20. The maximum absolute atomic E-state index is 12.4. The van der Waals surface area contributed by atoms with Crippen LogP contribution in [0.25, 0.3) is 5.65 Å². The third-order valence-electron chi connectivity index (χ3n) is 4.22. The van der Waals surface area contributed by atoms with Crippen LogP contribution < -0.4 is 14.8 Å². The second kappa shape index (κ2) is 9.21. The molecule has 1 amide bonds. The van der Waals surface area contributed by atoms with E-state index < -0.39 is 0 Å². The highest BCUT2D eigenvalue weighted by atomic mass is 16.5. The Kier molecular flexibility index (Phi) is 6.47. The van der Waals surface area contributed by atoms with Gasteiger partial charge in [-0.05, 0) is 57.4 Å². The van der Waals surface area contributed by atoms with E-state index in [1.54, 1.807) is 22.7 Å². The van der Waals surface area contributed by atoms with Crippen molar-refractivity contribution in [2.24, 2.45) is 0 Å². The molecule has 0 spiro atoms. The molecule has 0 radical (unpaired) electrons. The lowest BCUT2D eigenvalue weighted by Gasteiger charge is -2.12. The summed E-state index contributed by atoms with van der Waals surface area (Å²) in [7, 11) is 0. The second-order valence-corrected chi connectivity index (χ2v) is 6.44. The summed E-state index contributed by atoms with van der Waals surface area (Å²) in [5.74, 6) is 1.11. The Bertz CT molecular complexity index is 952. The molecule has 148 valence electrons. The van der Waals surface area contributed by atoms with Gasteiger partial charge in [0.15, 0.2) is 17.1 Å². The van der Waals surface area contributed by atoms with Crippen molar-refractivity contribution in [3.8, 4) is 11.5 Å². The van der Waals surface area contributed by atoms with Gasteiger partial charge in [0.2, 0.25) is 0 Å². The maximum Gasteiger partial charge on any atom is 0.251 e. The van der Waals surface area contributed by atoms with Crippen LogP contribution >= 0.6 is 0 Å². The van der Waals surface area contributed by atoms with Gasteiger partial charge >= 0.3 is 0 Å². The molecule has 0 fully saturated rings. The summed E-state index contributed by atoms with van der Waals surface area (Å²) in [6, 6.07) is 7.19. The fourth-order valence-corrected chi connectivity index (χ4v) is 2.95. The minimum Gasteiger partial charge on any atom is -0.490 e. The molecule has 2 aromatic heterocycles. The minimum atomic E-state index is -0.125. The molecule has 7 heteroatoms. The quantitative estimate of drug-likeness (QED) is 0.575. The van der Waals surface area contributed by atoms with Crippen LogP contribution in [0.15, 0.2) is 36.7 Å². The third-order valence-corrected chi connectivity index (χ3v) is 4.22. The first-order valence-corrected chi connectivity index (χ1v) is 9.59. The van der Waals surface area contributed by atoms with Gasteiger partial charge in [0.25, 0.3) is 5.91 Å². The monoisotopic (exact) mass is 382 g/mol. The number of nitrogens with zero attached hydrogens (tertiary/aromatic N) is 3. The van der Waals surface area contributed by atoms with Crippen LogP contribution in [-0.4, -0.2) is 40.3 Å². The molecule has 0 saturated carbocycles. The van der Waals surface area contributed by atoms with Crippen LogP contribution in [0.1, 0.15) is 41.9 Å². The fourth-order valence-electron chi connectivity index (χ4n) is 2.95. The molecule has 1 aromatic carbocycles. The lowest BCUT2D eigenvalue weighted by atomic mass is 10.1. The van der Waals surface area contributed by atoms with Gasteiger partial charge < -0.3 is 14.8 Å². The van der Waals surface area contributed by atoms with Crippen molar-refractivity contribution in [1.29, 1.82) is 0 Å². The Morgan fingerprint density at radius 1 is 1.14 bits per heavy atom. The van der Waals surface area contributed by atoms with Gasteiger partial charge in [-0.25, -0.2) is 9.50 Å². The SMILES string of the molecule is CCOc1ccc(C(=O)NCCCc2cnc3cc(C)nn3c2)cc1OCC. The van der Waals surface area contributed by atoms with Crippen molar-refractivity contribution in [3.05, 3.63) is 53.5 Å². The Balaban J connectivity index is 1.53. The highest BCUT2D eigenvalue weighted by molar-refractivity contribution is 5.94. The minimum absolute atomic E-state index is 0.125. The van der Waals surface area contributed by atoms with Crippen LogP contribution in [-0.2, 0) is 6.42 Å². The van der Waals surface area contributed by atoms with Crippen LogP contribution in [0, 0.1) is 6.92 Å². The number of amides is 1. The summed E-state index contributed by atoms with van der Waals surface area (Å²) in [5, 5.41) is 7.33. The van der Waals surface area contributed by atoms with Gasteiger partial charge in [0.1, 0.15) is 0 Å². The number of carbonyl (C=O) groups is 1. The zero-order valence-electron chi connectivity index (χ0n) is 16.6. The summed E-state index contributed by atoms with van der Waals surface area (Å²) in [6.07, 6.45) is 5.47. The van der Waals surface area contributed by atoms with E-state index in [1.807, 2.05) is 39.2 Å². The summed E-state index contributed by atoms with van der Waals surface area (Å²) < 4.78 is 12.9. The number of benzene rings is 1. The Hall–Kier alpha value is -3.09. The number of rotatable bonds is 9. The van der Waals surface area contributed by atoms with Crippen molar-refractivity contribution in [3.63, 3.8) is 0 Å². The van der Waals surface area contributed by atoms with Crippen molar-refractivity contribution in [1.82, 2.24) is 19.9 Å². The van der Waals surface area contributed by atoms with E-state index >= 15 is 0 Å². The van der Waals surface area contributed by atoms with Crippen LogP contribution in [0.3, 0.4) is 0 Å². The van der Waals surface area contributed by atoms with Crippen molar-refractivity contribution in [2.45, 2.75) is 33.6 Å². The van der Waals surface area contributed by atoms with Gasteiger partial charge in [-0.15, -0.1) is 0 Å². The van der Waals surface area contributed by atoms with Gasteiger partial charge in [0.05, 0.1) is 18.9 Å². The van der Waals surface area contributed by atoms with Gasteiger partial charge in [-0.1, -0.05) is 0 Å². The molecule has 0 saturated heterocycles. The molecule has 0 aliphatic heterocycles. The first-order chi connectivity index (χ1) is 13.6. The maximum atomic E-state index is 12.4. The lowest BCUT2D eigenvalue weighted by molar-refractivity contribution is 0.0952. The van der Waals surface area contributed by atoms with E-state index in [-0.39, 0.29) is 5.91 Å². The number of ether oxygens (including phenoxy) is 2. The van der Waals surface area contributed by atoms with Crippen LogP contribution in [0.5, 0.6) is 11.5 Å². The Morgan fingerprint density at radius 3 is 2.71 bits per heavy atom. The molecule has 7 nitrogen and oxygen atoms in total. The molecule has 3 aromatic rings. The summed E-state index contributed by atoms with van der Waals surface area (Å²) in [4.78, 5) is 16.8. The first-order valence-electron chi connectivity index (χ1n) is 9.59. The smallest absolute Gasteiger partial charge is 0.251 e. The van der Waals surface area contributed by atoms with E-state index in [0.717, 1.165) is 29.7 Å². The number of carbonyl (C=O) groups excluding carboxylic acids is 1. The number of aromatic nitrogens is 3. The van der Waals surface area contributed by atoms with Crippen molar-refractivity contribution >= 4 is 11.6 Å². The molecule has 0 unspecified atom stereocenters. The Labute approximate surface area is 164 Å². The van der Waals surface area contributed by atoms with Gasteiger partial charge in [0, 0.05) is 30.6 Å². The molecular formula is C21H26N4O3. The second-order valence-electron chi connectivity index (χ2n) is 6.44. The number of hydrogen-bond donors (Lipinski definition) is 1. The molecule has 0 atom stereocenters. The molecule has 1 N–H and O–H groups in total. The van der Waals surface area contributed by atoms with E-state index in [9.17, 15) is 4.79 Å². The molecule has 3 rings (SSSR count). The highest BCUT2D eigenvalue weighted by Gasteiger charge is 2.11. The van der Waals surface area contributed by atoms with E-state index in [0.29, 0.717) is 36.8 Å². The summed E-state index contributed by atoms with van der Waals surface area (Å²) in [6.45, 7) is 7.40. The number of nitrogens with one attached hydrogen (secondary N) is 1. The zero-order chi connectivity index (χ0) is 19.9. The molecule has 0 aliphatic rings. The predicted molar refractivity (Wildman–Crippen MR) is 107 cm³/mol. The average Bonchev–Trinajstić information content (AvgIpc) is 3.06. The van der Waals surface area contributed by atoms with E-state index in [4.69, 9.17) is 9.47 Å². The number of aryl methyl sites for hydroxylation is 2. The van der Waals surface area contributed by atoms with Crippen LogP contribution in [0.4, 0.5) is 0 Å². The largest absolute Gasteiger partial charge is 0.490 e. The van der Waals surface area contributed by atoms with Crippen molar-refractivity contribution in [2.75, 3.05) is 19.8 Å². The average molecular weight is 382 g/mol. The highest BCUT2D eigenvalue weighted by Crippen LogP contribution is 2.28. The summed E-state index contributed by atoms with van der Waals surface area (Å²) in [5.41, 5.74) is 3.43. The molecule has 2 heterocycles. The topological polar surface area (TPSA) is 77.8 Å². The van der Waals surface area contributed by atoms with Gasteiger partial charge in [-0.2, -0.15) is 5.10 Å². The molecular weight excluding hydrogens is 356 g/mol. The molecule has 0 bridgehead atoms. The summed E-state index contributed by atoms with van der Waals surface area (Å²) >= 11 is 0. The Morgan fingerprint density at radius 2 is 1.93 bits per heavy atom.